The highest BCUT2D eigenvalue weighted by molar-refractivity contribution is 5.89. The van der Waals surface area contributed by atoms with Crippen LogP contribution in [0.3, 0.4) is 0 Å². The van der Waals surface area contributed by atoms with Crippen molar-refractivity contribution in [3.8, 4) is 0 Å². The van der Waals surface area contributed by atoms with Crippen molar-refractivity contribution in [2.75, 3.05) is 26.2 Å². The highest BCUT2D eigenvalue weighted by atomic mass is 16.4. The summed E-state index contributed by atoms with van der Waals surface area (Å²) in [5, 5.41) is 2.77. The molecule has 1 heterocycles. The predicted octanol–water partition coefficient (Wildman–Crippen LogP) is 1.05. The van der Waals surface area contributed by atoms with Gasteiger partial charge in [0.1, 0.15) is 5.76 Å². The molecule has 0 radical (unpaired) electrons. The van der Waals surface area contributed by atoms with E-state index in [0.29, 0.717) is 12.3 Å². The first-order chi connectivity index (χ1) is 7.67. The first-order valence-corrected chi connectivity index (χ1v) is 5.60. The zero-order valence-corrected chi connectivity index (χ0v) is 10.1. The van der Waals surface area contributed by atoms with Gasteiger partial charge in [-0.15, -0.1) is 0 Å². The van der Waals surface area contributed by atoms with Crippen LogP contribution in [0, 0.1) is 6.92 Å². The minimum atomic E-state index is -0.250. The molecule has 1 rings (SSSR count). The van der Waals surface area contributed by atoms with Crippen molar-refractivity contribution < 1.29 is 9.21 Å². The molecule has 0 spiro atoms. The Morgan fingerprint density at radius 2 is 2.19 bits per heavy atom. The number of nitrogens with zero attached hydrogens (tertiary/aromatic N) is 2. The van der Waals surface area contributed by atoms with Crippen molar-refractivity contribution in [3.05, 3.63) is 17.8 Å². The van der Waals surface area contributed by atoms with Crippen molar-refractivity contribution in [1.29, 1.82) is 0 Å². The summed E-state index contributed by atoms with van der Waals surface area (Å²) in [4.78, 5) is 17.6. The Balaban J connectivity index is 2.30. The number of carbonyl (C=O) groups excluding carboxylic acids is 1. The predicted molar refractivity (Wildman–Crippen MR) is 61.4 cm³/mol. The van der Waals surface area contributed by atoms with Crippen LogP contribution < -0.4 is 5.32 Å². The van der Waals surface area contributed by atoms with Crippen LogP contribution in [0.1, 0.15) is 30.3 Å². The topological polar surface area (TPSA) is 58.4 Å². The van der Waals surface area contributed by atoms with Crippen molar-refractivity contribution in [2.45, 2.75) is 20.8 Å². The second-order valence-corrected chi connectivity index (χ2v) is 3.56. The lowest BCUT2D eigenvalue weighted by molar-refractivity contribution is 0.0913. The van der Waals surface area contributed by atoms with E-state index >= 15 is 0 Å². The van der Waals surface area contributed by atoms with Crippen LogP contribution >= 0.6 is 0 Å². The Kier molecular flexibility index (Phi) is 4.98. The Bertz CT molecular complexity index is 332. The number of carbonyl (C=O) groups is 1. The average molecular weight is 225 g/mol. The van der Waals surface area contributed by atoms with E-state index in [1.807, 2.05) is 0 Å². The van der Waals surface area contributed by atoms with E-state index in [4.69, 9.17) is 4.42 Å². The summed E-state index contributed by atoms with van der Waals surface area (Å²) < 4.78 is 5.12. The third kappa shape index (κ3) is 3.66. The van der Waals surface area contributed by atoms with E-state index in [2.05, 4.69) is 29.0 Å². The largest absolute Gasteiger partial charge is 0.438 e. The Labute approximate surface area is 95.8 Å². The van der Waals surface area contributed by atoms with Crippen molar-refractivity contribution in [2.24, 2.45) is 0 Å². The highest BCUT2D eigenvalue weighted by Crippen LogP contribution is 2.00. The molecule has 0 saturated carbocycles. The molecule has 90 valence electrons. The minimum absolute atomic E-state index is 0.136. The molecule has 0 aliphatic rings. The summed E-state index contributed by atoms with van der Waals surface area (Å²) in [5.41, 5.74) is 0. The number of hydrogen-bond acceptors (Lipinski definition) is 4. The zero-order valence-electron chi connectivity index (χ0n) is 10.1. The number of aryl methyl sites for hydroxylation is 1. The number of likely N-dealkylation sites (N-methyl/N-ethyl adjacent to an activating group) is 1. The highest BCUT2D eigenvalue weighted by Gasteiger charge is 2.11. The van der Waals surface area contributed by atoms with Crippen LogP contribution in [0.4, 0.5) is 0 Å². The number of hydrogen-bond donors (Lipinski definition) is 1. The van der Waals surface area contributed by atoms with Gasteiger partial charge in [-0.2, -0.15) is 0 Å². The van der Waals surface area contributed by atoms with Gasteiger partial charge >= 0.3 is 5.91 Å². The molecule has 1 N–H and O–H groups in total. The van der Waals surface area contributed by atoms with Gasteiger partial charge < -0.3 is 14.6 Å². The maximum atomic E-state index is 11.5. The van der Waals surface area contributed by atoms with Crippen LogP contribution in [0.2, 0.25) is 0 Å². The standard InChI is InChI=1S/C11H19N3O2/c1-4-14(5-2)7-6-12-10(15)11-13-8-9(3)16-11/h8H,4-7H2,1-3H3,(H,12,15). The normalized spacial score (nSPS) is 10.8. The van der Waals surface area contributed by atoms with Crippen molar-refractivity contribution >= 4 is 5.91 Å². The fourth-order valence-electron chi connectivity index (χ4n) is 1.40. The maximum Gasteiger partial charge on any atom is 0.307 e. The maximum absolute atomic E-state index is 11.5. The number of nitrogens with one attached hydrogen (secondary N) is 1. The molecule has 1 aromatic heterocycles. The Morgan fingerprint density at radius 3 is 2.69 bits per heavy atom. The Morgan fingerprint density at radius 1 is 1.50 bits per heavy atom. The van der Waals surface area contributed by atoms with Gasteiger partial charge in [0.15, 0.2) is 0 Å². The summed E-state index contributed by atoms with van der Waals surface area (Å²) in [5.74, 6) is 0.534. The van der Waals surface area contributed by atoms with Gasteiger partial charge in [0.05, 0.1) is 6.20 Å². The monoisotopic (exact) mass is 225 g/mol. The van der Waals surface area contributed by atoms with E-state index in [0.717, 1.165) is 19.6 Å². The third-order valence-corrected chi connectivity index (χ3v) is 2.42. The van der Waals surface area contributed by atoms with Crippen LogP contribution in [-0.4, -0.2) is 42.0 Å². The summed E-state index contributed by atoms with van der Waals surface area (Å²) in [6.45, 7) is 9.40. The first-order valence-electron chi connectivity index (χ1n) is 5.60. The van der Waals surface area contributed by atoms with Gasteiger partial charge in [-0.05, 0) is 20.0 Å². The van der Waals surface area contributed by atoms with Gasteiger partial charge in [-0.25, -0.2) is 4.98 Å². The SMILES string of the molecule is CCN(CC)CCNC(=O)c1ncc(C)o1. The van der Waals surface area contributed by atoms with Crippen molar-refractivity contribution in [3.63, 3.8) is 0 Å². The third-order valence-electron chi connectivity index (χ3n) is 2.42. The second kappa shape index (κ2) is 6.27. The lowest BCUT2D eigenvalue weighted by Crippen LogP contribution is -2.34. The summed E-state index contributed by atoms with van der Waals surface area (Å²) >= 11 is 0. The lowest BCUT2D eigenvalue weighted by atomic mass is 10.4. The van der Waals surface area contributed by atoms with E-state index in [1.54, 1.807) is 13.1 Å². The lowest BCUT2D eigenvalue weighted by Gasteiger charge is -2.17. The van der Waals surface area contributed by atoms with Crippen LogP contribution in [-0.2, 0) is 0 Å². The molecule has 0 unspecified atom stereocenters. The van der Waals surface area contributed by atoms with E-state index in [-0.39, 0.29) is 11.8 Å². The first kappa shape index (κ1) is 12.7. The minimum Gasteiger partial charge on any atom is -0.438 e. The Hall–Kier alpha value is -1.36. The van der Waals surface area contributed by atoms with E-state index < -0.39 is 0 Å². The fraction of sp³-hybridized carbons (Fsp3) is 0.636. The molecule has 0 aliphatic heterocycles. The quantitative estimate of drug-likeness (QED) is 0.786. The number of oxazole rings is 1. The summed E-state index contributed by atoms with van der Waals surface area (Å²) in [6, 6.07) is 0. The molecular formula is C11H19N3O2. The van der Waals surface area contributed by atoms with E-state index in [1.165, 1.54) is 0 Å². The molecule has 5 nitrogen and oxygen atoms in total. The van der Waals surface area contributed by atoms with Gasteiger partial charge in [-0.3, -0.25) is 4.79 Å². The molecule has 0 fully saturated rings. The smallest absolute Gasteiger partial charge is 0.307 e. The summed E-state index contributed by atoms with van der Waals surface area (Å²) in [7, 11) is 0. The fourth-order valence-corrected chi connectivity index (χ4v) is 1.40. The van der Waals surface area contributed by atoms with Crippen LogP contribution in [0.5, 0.6) is 0 Å². The molecule has 16 heavy (non-hydrogen) atoms. The summed E-state index contributed by atoms with van der Waals surface area (Å²) in [6.07, 6.45) is 1.54. The molecule has 1 aromatic rings. The number of aromatic nitrogens is 1. The molecule has 0 aromatic carbocycles. The molecule has 5 heteroatoms. The van der Waals surface area contributed by atoms with Gasteiger partial charge in [0.2, 0.25) is 0 Å². The second-order valence-electron chi connectivity index (χ2n) is 3.56. The van der Waals surface area contributed by atoms with Crippen LogP contribution in [0.15, 0.2) is 10.6 Å². The van der Waals surface area contributed by atoms with Gasteiger partial charge in [0, 0.05) is 13.1 Å². The van der Waals surface area contributed by atoms with Gasteiger partial charge in [-0.1, -0.05) is 13.8 Å². The van der Waals surface area contributed by atoms with E-state index in [9.17, 15) is 4.79 Å². The molecule has 0 aliphatic carbocycles. The molecule has 0 atom stereocenters. The molecule has 1 amide bonds. The zero-order chi connectivity index (χ0) is 12.0. The molecular weight excluding hydrogens is 206 g/mol. The number of amides is 1. The average Bonchev–Trinajstić information content (AvgIpc) is 2.71. The van der Waals surface area contributed by atoms with Crippen LogP contribution in [0.25, 0.3) is 0 Å². The number of rotatable bonds is 6. The van der Waals surface area contributed by atoms with Gasteiger partial charge in [0.25, 0.3) is 5.89 Å². The molecule has 0 bridgehead atoms. The molecule has 0 saturated heterocycles. The van der Waals surface area contributed by atoms with Crippen molar-refractivity contribution in [1.82, 2.24) is 15.2 Å².